The minimum Gasteiger partial charge on any atom is -0.497 e. The molecule has 9 nitrogen and oxygen atoms in total. The van der Waals surface area contributed by atoms with Crippen LogP contribution in [0.4, 0.5) is 5.69 Å². The van der Waals surface area contributed by atoms with Crippen LogP contribution in [0.1, 0.15) is 18.9 Å². The molecule has 3 aromatic rings. The van der Waals surface area contributed by atoms with E-state index in [0.29, 0.717) is 35.1 Å². The summed E-state index contributed by atoms with van der Waals surface area (Å²) in [5.41, 5.74) is 3.37. The van der Waals surface area contributed by atoms with Gasteiger partial charge in [-0.05, 0) is 66.6 Å². The van der Waals surface area contributed by atoms with E-state index < -0.39 is 22.5 Å². The maximum atomic E-state index is 13.3. The van der Waals surface area contributed by atoms with Gasteiger partial charge in [-0.15, -0.1) is 0 Å². The Bertz CT molecular complexity index is 1280. The third-order valence-electron chi connectivity index (χ3n) is 5.03. The summed E-state index contributed by atoms with van der Waals surface area (Å²) in [4.78, 5) is 12.8. The lowest BCUT2D eigenvalue weighted by Gasteiger charge is -2.23. The lowest BCUT2D eigenvalue weighted by Crippen LogP contribution is -2.39. The van der Waals surface area contributed by atoms with Crippen molar-refractivity contribution in [3.05, 3.63) is 78.4 Å². The fraction of sp³-hybridized carbons (Fsp3) is 0.231. The monoisotopic (exact) mass is 511 g/mol. The fourth-order valence-electron chi connectivity index (χ4n) is 3.22. The number of hydrazone groups is 1. The number of carbonyl (C=O) groups is 1. The van der Waals surface area contributed by atoms with Crippen molar-refractivity contribution in [3.8, 4) is 17.2 Å². The van der Waals surface area contributed by atoms with Crippen LogP contribution in [-0.2, 0) is 14.8 Å². The Kier molecular flexibility index (Phi) is 9.29. The zero-order valence-electron chi connectivity index (χ0n) is 20.4. The van der Waals surface area contributed by atoms with Gasteiger partial charge in [-0.3, -0.25) is 9.10 Å². The minimum absolute atomic E-state index is 0.0644. The van der Waals surface area contributed by atoms with Crippen LogP contribution in [0.15, 0.2) is 82.8 Å². The Balaban J connectivity index is 1.77. The molecule has 0 fully saturated rings. The molecule has 0 heterocycles. The Hall–Kier alpha value is -4.05. The normalized spacial score (nSPS) is 11.2. The first-order valence-corrected chi connectivity index (χ1v) is 12.7. The van der Waals surface area contributed by atoms with E-state index in [1.54, 1.807) is 60.7 Å². The minimum atomic E-state index is -4.02. The van der Waals surface area contributed by atoms with Crippen molar-refractivity contribution in [2.75, 3.05) is 31.7 Å². The van der Waals surface area contributed by atoms with Gasteiger partial charge in [-0.1, -0.05) is 25.1 Å². The van der Waals surface area contributed by atoms with Crippen molar-refractivity contribution in [1.82, 2.24) is 5.43 Å². The number of ether oxygens (including phenoxy) is 3. The first kappa shape index (κ1) is 26.6. The lowest BCUT2D eigenvalue weighted by atomic mass is 10.2. The van der Waals surface area contributed by atoms with E-state index in [-0.39, 0.29) is 4.90 Å². The van der Waals surface area contributed by atoms with E-state index in [1.807, 2.05) is 6.92 Å². The zero-order valence-corrected chi connectivity index (χ0v) is 21.2. The van der Waals surface area contributed by atoms with Gasteiger partial charge >= 0.3 is 0 Å². The molecule has 10 heteroatoms. The number of anilines is 1. The van der Waals surface area contributed by atoms with Crippen molar-refractivity contribution >= 4 is 27.8 Å². The summed E-state index contributed by atoms with van der Waals surface area (Å²) in [6, 6.07) is 19.6. The van der Waals surface area contributed by atoms with Crippen molar-refractivity contribution in [3.63, 3.8) is 0 Å². The molecular weight excluding hydrogens is 482 g/mol. The number of sulfonamides is 1. The van der Waals surface area contributed by atoms with Crippen LogP contribution in [0.3, 0.4) is 0 Å². The van der Waals surface area contributed by atoms with Gasteiger partial charge in [0.25, 0.3) is 15.9 Å². The predicted molar refractivity (Wildman–Crippen MR) is 138 cm³/mol. The van der Waals surface area contributed by atoms with Gasteiger partial charge in [0.05, 0.1) is 37.6 Å². The Labute approximate surface area is 211 Å². The number of hydrogen-bond acceptors (Lipinski definition) is 7. The molecule has 0 spiro atoms. The highest BCUT2D eigenvalue weighted by atomic mass is 32.2. The van der Waals surface area contributed by atoms with Gasteiger partial charge in [0.15, 0.2) is 11.5 Å². The van der Waals surface area contributed by atoms with Gasteiger partial charge in [0.2, 0.25) is 0 Å². The molecule has 0 saturated heterocycles. The Morgan fingerprint density at radius 2 is 1.69 bits per heavy atom. The van der Waals surface area contributed by atoms with Crippen LogP contribution in [0.25, 0.3) is 0 Å². The molecule has 1 amide bonds. The zero-order chi connectivity index (χ0) is 26.0. The second-order valence-corrected chi connectivity index (χ2v) is 9.44. The van der Waals surface area contributed by atoms with E-state index >= 15 is 0 Å². The van der Waals surface area contributed by atoms with E-state index in [4.69, 9.17) is 14.2 Å². The molecule has 0 unspecified atom stereocenters. The number of nitrogens with one attached hydrogen (secondary N) is 1. The number of rotatable bonds is 12. The largest absolute Gasteiger partial charge is 0.497 e. The molecule has 0 aliphatic rings. The van der Waals surface area contributed by atoms with Gasteiger partial charge in [0.1, 0.15) is 12.3 Å². The van der Waals surface area contributed by atoms with Crippen LogP contribution >= 0.6 is 0 Å². The quantitative estimate of drug-likeness (QED) is 0.293. The summed E-state index contributed by atoms with van der Waals surface area (Å²) >= 11 is 0. The molecule has 3 rings (SSSR count). The first-order valence-electron chi connectivity index (χ1n) is 11.2. The highest BCUT2D eigenvalue weighted by molar-refractivity contribution is 7.92. The maximum absolute atomic E-state index is 13.3. The summed E-state index contributed by atoms with van der Waals surface area (Å²) in [7, 11) is -0.964. The third kappa shape index (κ3) is 6.76. The Morgan fingerprint density at radius 3 is 2.33 bits per heavy atom. The third-order valence-corrected chi connectivity index (χ3v) is 6.82. The van der Waals surface area contributed by atoms with Gasteiger partial charge in [-0.25, -0.2) is 13.8 Å². The number of nitrogens with zero attached hydrogens (tertiary/aromatic N) is 2. The van der Waals surface area contributed by atoms with Crippen LogP contribution < -0.4 is 23.9 Å². The SMILES string of the molecule is CCCOc1ccc(/C=N\NC(=O)CN(c2ccc(OC)cc2)S(=O)(=O)c2ccccc2)cc1OC. The Morgan fingerprint density at radius 1 is 0.972 bits per heavy atom. The molecule has 1 N–H and O–H groups in total. The van der Waals surface area contributed by atoms with Crippen LogP contribution in [0.5, 0.6) is 17.2 Å². The molecule has 0 aliphatic carbocycles. The van der Waals surface area contributed by atoms with Gasteiger partial charge in [0, 0.05) is 0 Å². The number of benzene rings is 3. The van der Waals surface area contributed by atoms with Crippen LogP contribution in [0, 0.1) is 0 Å². The molecule has 0 aromatic heterocycles. The molecule has 0 atom stereocenters. The number of hydrogen-bond donors (Lipinski definition) is 1. The molecule has 190 valence electrons. The predicted octanol–water partition coefficient (Wildman–Crippen LogP) is 3.84. The summed E-state index contributed by atoms with van der Waals surface area (Å²) in [6.45, 7) is 2.10. The smallest absolute Gasteiger partial charge is 0.264 e. The van der Waals surface area contributed by atoms with Crippen LogP contribution in [-0.4, -0.2) is 47.9 Å². The highest BCUT2D eigenvalue weighted by Gasteiger charge is 2.27. The highest BCUT2D eigenvalue weighted by Crippen LogP contribution is 2.28. The average molecular weight is 512 g/mol. The molecular formula is C26H29N3O6S. The number of methoxy groups -OCH3 is 2. The lowest BCUT2D eigenvalue weighted by molar-refractivity contribution is -0.119. The van der Waals surface area contributed by atoms with E-state index in [0.717, 1.165) is 10.7 Å². The second-order valence-electron chi connectivity index (χ2n) is 7.57. The van der Waals surface area contributed by atoms with Crippen LogP contribution in [0.2, 0.25) is 0 Å². The standard InChI is InChI=1S/C26H29N3O6S/c1-4-16-35-24-15-10-20(17-25(24)34-3)18-27-28-26(30)19-29(21-11-13-22(33-2)14-12-21)36(31,32)23-8-6-5-7-9-23/h5-15,17-18H,4,16,19H2,1-3H3,(H,28,30)/b27-18-. The summed E-state index contributed by atoms with van der Waals surface area (Å²) in [5, 5.41) is 3.98. The molecule has 0 radical (unpaired) electrons. The van der Waals surface area contributed by atoms with Crippen molar-refractivity contribution in [2.24, 2.45) is 5.10 Å². The van der Waals surface area contributed by atoms with Gasteiger partial charge in [-0.2, -0.15) is 5.10 Å². The van der Waals surface area contributed by atoms with Crippen molar-refractivity contribution < 1.29 is 27.4 Å². The average Bonchev–Trinajstić information content (AvgIpc) is 2.91. The van der Waals surface area contributed by atoms with Gasteiger partial charge < -0.3 is 14.2 Å². The molecule has 0 saturated carbocycles. The van der Waals surface area contributed by atoms with E-state index in [1.165, 1.54) is 32.6 Å². The van der Waals surface area contributed by atoms with E-state index in [2.05, 4.69) is 10.5 Å². The molecule has 0 aliphatic heterocycles. The molecule has 0 bridgehead atoms. The topological polar surface area (TPSA) is 107 Å². The fourth-order valence-corrected chi connectivity index (χ4v) is 4.67. The first-order chi connectivity index (χ1) is 17.4. The summed E-state index contributed by atoms with van der Waals surface area (Å²) in [5.74, 6) is 1.10. The number of carbonyl (C=O) groups excluding carboxylic acids is 1. The van der Waals surface area contributed by atoms with E-state index in [9.17, 15) is 13.2 Å². The molecule has 3 aromatic carbocycles. The second kappa shape index (κ2) is 12.6. The maximum Gasteiger partial charge on any atom is 0.264 e. The summed E-state index contributed by atoms with van der Waals surface area (Å²) in [6.07, 6.45) is 2.30. The molecule has 36 heavy (non-hydrogen) atoms. The van der Waals surface area contributed by atoms with Crippen molar-refractivity contribution in [1.29, 1.82) is 0 Å². The van der Waals surface area contributed by atoms with Crippen molar-refractivity contribution in [2.45, 2.75) is 18.2 Å². The number of amides is 1. The summed E-state index contributed by atoms with van der Waals surface area (Å²) < 4.78 is 43.9.